The van der Waals surface area contributed by atoms with Gasteiger partial charge in [0.05, 0.1) is 5.69 Å². The maximum Gasteiger partial charge on any atom is 0.414 e. The first-order valence-corrected chi connectivity index (χ1v) is 6.67. The number of amides is 1. The molecule has 1 aromatic carbocycles. The second-order valence-electron chi connectivity index (χ2n) is 5.40. The first-order valence-electron chi connectivity index (χ1n) is 6.67. The van der Waals surface area contributed by atoms with E-state index in [1.165, 1.54) is 0 Å². The minimum Gasteiger partial charge on any atom is -0.443 e. The number of para-hydroxylation sites is 1. The molecule has 19 heavy (non-hydrogen) atoms. The highest BCUT2D eigenvalue weighted by molar-refractivity contribution is 5.88. The van der Waals surface area contributed by atoms with Crippen LogP contribution in [0.2, 0.25) is 0 Å². The highest BCUT2D eigenvalue weighted by Crippen LogP contribution is 2.23. The van der Waals surface area contributed by atoms with Crippen LogP contribution in [-0.4, -0.2) is 24.8 Å². The molecule has 1 amide bonds. The Kier molecular flexibility index (Phi) is 5.36. The van der Waals surface area contributed by atoms with Gasteiger partial charge in [-0.1, -0.05) is 25.1 Å². The molecule has 0 fully saturated rings. The Morgan fingerprint density at radius 3 is 2.47 bits per heavy atom. The van der Waals surface area contributed by atoms with Crippen LogP contribution in [0.25, 0.3) is 0 Å². The SMILES string of the molecule is CCc1ccccc1N(CCN)C(=O)OC(C)(C)C. The third-order valence-electron chi connectivity index (χ3n) is 2.63. The highest BCUT2D eigenvalue weighted by atomic mass is 16.6. The predicted molar refractivity (Wildman–Crippen MR) is 78.5 cm³/mol. The van der Waals surface area contributed by atoms with E-state index in [-0.39, 0.29) is 6.09 Å². The van der Waals surface area contributed by atoms with Crippen molar-refractivity contribution in [2.75, 3.05) is 18.0 Å². The van der Waals surface area contributed by atoms with Crippen LogP contribution in [0.5, 0.6) is 0 Å². The van der Waals surface area contributed by atoms with Crippen molar-refractivity contribution >= 4 is 11.8 Å². The van der Waals surface area contributed by atoms with Crippen LogP contribution in [-0.2, 0) is 11.2 Å². The van der Waals surface area contributed by atoms with E-state index in [1.807, 2.05) is 45.0 Å². The molecule has 0 saturated carbocycles. The summed E-state index contributed by atoms with van der Waals surface area (Å²) in [7, 11) is 0. The van der Waals surface area contributed by atoms with Gasteiger partial charge in [0, 0.05) is 13.1 Å². The number of aryl methyl sites for hydroxylation is 1. The molecular weight excluding hydrogens is 240 g/mol. The second-order valence-corrected chi connectivity index (χ2v) is 5.40. The molecule has 1 rings (SSSR count). The number of rotatable bonds is 4. The summed E-state index contributed by atoms with van der Waals surface area (Å²) in [6, 6.07) is 7.84. The van der Waals surface area contributed by atoms with E-state index >= 15 is 0 Å². The second kappa shape index (κ2) is 6.57. The third kappa shape index (κ3) is 4.56. The topological polar surface area (TPSA) is 55.6 Å². The van der Waals surface area contributed by atoms with Gasteiger partial charge in [0.1, 0.15) is 5.60 Å². The first-order chi connectivity index (χ1) is 8.89. The summed E-state index contributed by atoms with van der Waals surface area (Å²) < 4.78 is 5.44. The fraction of sp³-hybridized carbons (Fsp3) is 0.533. The minimum absolute atomic E-state index is 0.348. The van der Waals surface area contributed by atoms with Crippen LogP contribution in [0.15, 0.2) is 24.3 Å². The lowest BCUT2D eigenvalue weighted by Gasteiger charge is -2.28. The number of nitrogens with zero attached hydrogens (tertiary/aromatic N) is 1. The summed E-state index contributed by atoms with van der Waals surface area (Å²) in [5.74, 6) is 0. The molecule has 0 radical (unpaired) electrons. The monoisotopic (exact) mass is 264 g/mol. The van der Waals surface area contributed by atoms with Gasteiger partial charge in [0.25, 0.3) is 0 Å². The summed E-state index contributed by atoms with van der Waals surface area (Å²) in [5, 5.41) is 0. The molecule has 2 N–H and O–H groups in total. The molecule has 0 aliphatic heterocycles. The van der Waals surface area contributed by atoms with E-state index in [1.54, 1.807) is 4.90 Å². The number of hydrogen-bond acceptors (Lipinski definition) is 3. The van der Waals surface area contributed by atoms with Gasteiger partial charge in [-0.3, -0.25) is 4.90 Å². The van der Waals surface area contributed by atoms with Gasteiger partial charge in [-0.25, -0.2) is 4.79 Å². The fourth-order valence-electron chi connectivity index (χ4n) is 1.83. The lowest BCUT2D eigenvalue weighted by Crippen LogP contribution is -2.40. The van der Waals surface area contributed by atoms with Crippen LogP contribution in [0.3, 0.4) is 0 Å². The first kappa shape index (κ1) is 15.5. The predicted octanol–water partition coefficient (Wildman–Crippen LogP) is 2.95. The summed E-state index contributed by atoms with van der Waals surface area (Å²) in [6.45, 7) is 8.49. The van der Waals surface area contributed by atoms with Crippen LogP contribution < -0.4 is 10.6 Å². The van der Waals surface area contributed by atoms with Gasteiger partial charge in [-0.05, 0) is 38.8 Å². The number of carbonyl (C=O) groups is 1. The zero-order chi connectivity index (χ0) is 14.5. The number of benzene rings is 1. The molecule has 0 aliphatic carbocycles. The molecule has 0 saturated heterocycles. The average molecular weight is 264 g/mol. The molecule has 106 valence electrons. The van der Waals surface area contributed by atoms with Crippen molar-refractivity contribution in [2.24, 2.45) is 5.73 Å². The van der Waals surface area contributed by atoms with Gasteiger partial charge >= 0.3 is 6.09 Å². The summed E-state index contributed by atoms with van der Waals surface area (Å²) >= 11 is 0. The number of hydrogen-bond donors (Lipinski definition) is 1. The van der Waals surface area contributed by atoms with Crippen LogP contribution in [0, 0.1) is 0 Å². The molecule has 4 heteroatoms. The van der Waals surface area contributed by atoms with Gasteiger partial charge in [0.2, 0.25) is 0 Å². The van der Waals surface area contributed by atoms with E-state index in [4.69, 9.17) is 10.5 Å². The van der Waals surface area contributed by atoms with Gasteiger partial charge in [-0.15, -0.1) is 0 Å². The molecule has 1 aromatic rings. The van der Waals surface area contributed by atoms with Crippen LogP contribution in [0.4, 0.5) is 10.5 Å². The zero-order valence-corrected chi connectivity index (χ0v) is 12.3. The summed E-state index contributed by atoms with van der Waals surface area (Å²) in [4.78, 5) is 13.9. The van der Waals surface area contributed by atoms with Crippen molar-refractivity contribution in [2.45, 2.75) is 39.7 Å². The smallest absolute Gasteiger partial charge is 0.414 e. The Morgan fingerprint density at radius 2 is 1.95 bits per heavy atom. The van der Waals surface area contributed by atoms with Crippen molar-refractivity contribution in [1.82, 2.24) is 0 Å². The molecule has 0 aliphatic rings. The molecule has 0 aromatic heterocycles. The van der Waals surface area contributed by atoms with E-state index in [9.17, 15) is 4.79 Å². The van der Waals surface area contributed by atoms with Crippen molar-refractivity contribution in [1.29, 1.82) is 0 Å². The van der Waals surface area contributed by atoms with E-state index < -0.39 is 5.60 Å². The maximum atomic E-state index is 12.3. The summed E-state index contributed by atoms with van der Waals surface area (Å²) in [6.07, 6.45) is 0.513. The number of ether oxygens (including phenoxy) is 1. The molecule has 0 spiro atoms. The van der Waals surface area contributed by atoms with E-state index in [2.05, 4.69) is 6.92 Å². The maximum absolute atomic E-state index is 12.3. The van der Waals surface area contributed by atoms with Crippen LogP contribution in [0.1, 0.15) is 33.3 Å². The Hall–Kier alpha value is -1.55. The van der Waals surface area contributed by atoms with Crippen molar-refractivity contribution in [3.8, 4) is 0 Å². The van der Waals surface area contributed by atoms with Crippen molar-refractivity contribution in [3.63, 3.8) is 0 Å². The fourth-order valence-corrected chi connectivity index (χ4v) is 1.83. The number of anilines is 1. The standard InChI is InChI=1S/C15H24N2O2/c1-5-12-8-6-7-9-13(12)17(11-10-16)14(18)19-15(2,3)4/h6-9H,5,10-11,16H2,1-4H3. The van der Waals surface area contributed by atoms with Crippen molar-refractivity contribution < 1.29 is 9.53 Å². The lowest BCUT2D eigenvalue weighted by molar-refractivity contribution is 0.0581. The van der Waals surface area contributed by atoms with Gasteiger partial charge < -0.3 is 10.5 Å². The Labute approximate surface area is 115 Å². The molecule has 0 heterocycles. The molecule has 4 nitrogen and oxygen atoms in total. The van der Waals surface area contributed by atoms with E-state index in [0.29, 0.717) is 13.1 Å². The number of nitrogens with two attached hydrogens (primary N) is 1. The normalized spacial score (nSPS) is 11.2. The Bertz CT molecular complexity index is 424. The van der Waals surface area contributed by atoms with Crippen molar-refractivity contribution in [3.05, 3.63) is 29.8 Å². The molecular formula is C15H24N2O2. The van der Waals surface area contributed by atoms with Gasteiger partial charge in [-0.2, -0.15) is 0 Å². The zero-order valence-electron chi connectivity index (χ0n) is 12.3. The Balaban J connectivity index is 3.03. The third-order valence-corrected chi connectivity index (χ3v) is 2.63. The average Bonchev–Trinajstić information content (AvgIpc) is 2.33. The summed E-state index contributed by atoms with van der Waals surface area (Å²) in [5.41, 5.74) is 7.09. The van der Waals surface area contributed by atoms with E-state index in [0.717, 1.165) is 17.7 Å². The molecule has 0 atom stereocenters. The van der Waals surface area contributed by atoms with Gasteiger partial charge in [0.15, 0.2) is 0 Å². The minimum atomic E-state index is -0.509. The molecule has 0 bridgehead atoms. The van der Waals surface area contributed by atoms with Crippen LogP contribution >= 0.6 is 0 Å². The highest BCUT2D eigenvalue weighted by Gasteiger charge is 2.23. The largest absolute Gasteiger partial charge is 0.443 e. The molecule has 0 unspecified atom stereocenters. The number of carbonyl (C=O) groups excluding carboxylic acids is 1. The quantitative estimate of drug-likeness (QED) is 0.909. The lowest BCUT2D eigenvalue weighted by atomic mass is 10.1. The Morgan fingerprint density at radius 1 is 1.32 bits per heavy atom.